The highest BCUT2D eigenvalue weighted by Crippen LogP contribution is 2.15. The van der Waals surface area contributed by atoms with Gasteiger partial charge in [-0.1, -0.05) is 29.2 Å². The predicted octanol–water partition coefficient (Wildman–Crippen LogP) is 2.42. The molecule has 0 aromatic carbocycles. The summed E-state index contributed by atoms with van der Waals surface area (Å²) < 4.78 is 5.25. The number of pyridine rings is 1. The Kier molecular flexibility index (Phi) is 3.48. The zero-order valence-electron chi connectivity index (χ0n) is 7.45. The van der Waals surface area contributed by atoms with E-state index >= 15 is 0 Å². The predicted molar refractivity (Wildman–Crippen MR) is 53.5 cm³/mol. The second-order valence-electron chi connectivity index (χ2n) is 2.87. The van der Waals surface area contributed by atoms with E-state index < -0.39 is 0 Å². The summed E-state index contributed by atoms with van der Waals surface area (Å²) >= 11 is 0. The van der Waals surface area contributed by atoms with E-state index in [1.807, 2.05) is 18.2 Å². The molecule has 0 bridgehead atoms. The lowest BCUT2D eigenvalue weighted by molar-refractivity contribution is 0.374. The molecule has 0 radical (unpaired) electrons. The maximum absolute atomic E-state index is 5.25. The molecule has 3 heteroatoms. The van der Waals surface area contributed by atoms with Gasteiger partial charge in [-0.2, -0.15) is 0 Å². The molecule has 12 heavy (non-hydrogen) atoms. The Labute approximate surface area is 75.6 Å². The van der Waals surface area contributed by atoms with Crippen molar-refractivity contribution in [1.29, 1.82) is 0 Å². The van der Waals surface area contributed by atoms with Crippen LogP contribution in [0.1, 0.15) is 25.5 Å². The van der Waals surface area contributed by atoms with Crippen LogP contribution in [0.15, 0.2) is 18.2 Å². The van der Waals surface area contributed by atoms with Crippen LogP contribution in [-0.2, 0) is 0 Å². The van der Waals surface area contributed by atoms with Crippen LogP contribution in [0.5, 0.6) is 5.88 Å². The standard InChI is InChI=1S/C9H14NOP/c1-7(2)8-4-3-5-9(10-8)11-6-12/h3-5,7H,6,12H2,1-2H3. The van der Waals surface area contributed by atoms with Gasteiger partial charge in [0.2, 0.25) is 5.88 Å². The molecule has 1 aromatic heterocycles. The third kappa shape index (κ3) is 2.46. The second-order valence-corrected chi connectivity index (χ2v) is 3.20. The van der Waals surface area contributed by atoms with Crippen LogP contribution >= 0.6 is 9.24 Å². The summed E-state index contributed by atoms with van der Waals surface area (Å²) in [6, 6.07) is 5.86. The summed E-state index contributed by atoms with van der Waals surface area (Å²) in [6.45, 7) is 4.24. The average molecular weight is 183 g/mol. The molecule has 0 aliphatic carbocycles. The van der Waals surface area contributed by atoms with E-state index in [0.29, 0.717) is 18.1 Å². The van der Waals surface area contributed by atoms with Crippen molar-refractivity contribution < 1.29 is 4.74 Å². The van der Waals surface area contributed by atoms with Gasteiger partial charge < -0.3 is 4.74 Å². The van der Waals surface area contributed by atoms with Gasteiger partial charge in [-0.15, -0.1) is 0 Å². The molecule has 0 amide bonds. The molecule has 0 aliphatic rings. The van der Waals surface area contributed by atoms with E-state index in [1.54, 1.807) is 0 Å². The van der Waals surface area contributed by atoms with Crippen LogP contribution in [-0.4, -0.2) is 11.3 Å². The van der Waals surface area contributed by atoms with Crippen LogP contribution in [0.3, 0.4) is 0 Å². The van der Waals surface area contributed by atoms with Gasteiger partial charge in [-0.25, -0.2) is 4.98 Å². The topological polar surface area (TPSA) is 22.1 Å². The van der Waals surface area contributed by atoms with Gasteiger partial charge in [-0.05, 0) is 12.0 Å². The van der Waals surface area contributed by atoms with Crippen LogP contribution in [0, 0.1) is 0 Å². The van der Waals surface area contributed by atoms with Crippen LogP contribution < -0.4 is 4.74 Å². The molecule has 1 aromatic rings. The summed E-state index contributed by atoms with van der Waals surface area (Å²) in [6.07, 6.45) is 0.592. The molecule has 1 heterocycles. The van der Waals surface area contributed by atoms with Gasteiger partial charge in [0.15, 0.2) is 0 Å². The van der Waals surface area contributed by atoms with Crippen molar-refractivity contribution in [3.63, 3.8) is 0 Å². The summed E-state index contributed by atoms with van der Waals surface area (Å²) in [7, 11) is 2.51. The summed E-state index contributed by atoms with van der Waals surface area (Å²) in [5.74, 6) is 1.16. The summed E-state index contributed by atoms with van der Waals surface area (Å²) in [5.41, 5.74) is 1.07. The first kappa shape index (κ1) is 9.47. The number of nitrogens with zero attached hydrogens (tertiary/aromatic N) is 1. The first-order chi connectivity index (χ1) is 5.74. The molecule has 0 saturated carbocycles. The minimum Gasteiger partial charge on any atom is -0.474 e. The normalized spacial score (nSPS) is 10.3. The van der Waals surface area contributed by atoms with Crippen molar-refractivity contribution in [2.75, 3.05) is 6.35 Å². The highest BCUT2D eigenvalue weighted by atomic mass is 31.0. The Bertz CT molecular complexity index is 250. The molecule has 1 rings (SSSR count). The Morgan fingerprint density at radius 1 is 1.50 bits per heavy atom. The zero-order valence-corrected chi connectivity index (χ0v) is 8.60. The van der Waals surface area contributed by atoms with Crippen molar-refractivity contribution in [2.45, 2.75) is 19.8 Å². The molecule has 0 saturated heterocycles. The van der Waals surface area contributed by atoms with Crippen LogP contribution in [0.25, 0.3) is 0 Å². The fraction of sp³-hybridized carbons (Fsp3) is 0.444. The zero-order chi connectivity index (χ0) is 8.97. The Morgan fingerprint density at radius 3 is 2.83 bits per heavy atom. The fourth-order valence-electron chi connectivity index (χ4n) is 0.918. The first-order valence-corrected chi connectivity index (χ1v) is 4.85. The third-order valence-electron chi connectivity index (χ3n) is 1.57. The van der Waals surface area contributed by atoms with Crippen molar-refractivity contribution in [2.24, 2.45) is 0 Å². The number of ether oxygens (including phenoxy) is 1. The summed E-state index contributed by atoms with van der Waals surface area (Å²) in [4.78, 5) is 4.33. The van der Waals surface area contributed by atoms with E-state index in [9.17, 15) is 0 Å². The van der Waals surface area contributed by atoms with Crippen molar-refractivity contribution in [3.8, 4) is 5.88 Å². The van der Waals surface area contributed by atoms with Crippen LogP contribution in [0.4, 0.5) is 0 Å². The third-order valence-corrected chi connectivity index (χ3v) is 1.73. The number of aromatic nitrogens is 1. The van der Waals surface area contributed by atoms with E-state index in [1.165, 1.54) is 0 Å². The molecular formula is C9H14NOP. The minimum atomic E-state index is 0.457. The maximum Gasteiger partial charge on any atom is 0.213 e. The van der Waals surface area contributed by atoms with Crippen LogP contribution in [0.2, 0.25) is 0 Å². The van der Waals surface area contributed by atoms with Crippen molar-refractivity contribution in [1.82, 2.24) is 4.98 Å². The number of hydrogen-bond donors (Lipinski definition) is 0. The highest BCUT2D eigenvalue weighted by Gasteiger charge is 2.01. The molecular weight excluding hydrogens is 169 g/mol. The van der Waals surface area contributed by atoms with Gasteiger partial charge >= 0.3 is 0 Å². The fourth-order valence-corrected chi connectivity index (χ4v) is 1.09. The smallest absolute Gasteiger partial charge is 0.213 e. The van der Waals surface area contributed by atoms with E-state index in [4.69, 9.17) is 4.74 Å². The van der Waals surface area contributed by atoms with Gasteiger partial charge in [0.25, 0.3) is 0 Å². The molecule has 1 unspecified atom stereocenters. The molecule has 0 aliphatic heterocycles. The average Bonchev–Trinajstić information content (AvgIpc) is 2.05. The Morgan fingerprint density at radius 2 is 2.25 bits per heavy atom. The molecule has 0 N–H and O–H groups in total. The van der Waals surface area contributed by atoms with Gasteiger partial charge in [0.05, 0.1) is 0 Å². The molecule has 0 fully saturated rings. The lowest BCUT2D eigenvalue weighted by Gasteiger charge is -2.06. The maximum atomic E-state index is 5.25. The Hall–Kier alpha value is -0.620. The second kappa shape index (κ2) is 4.42. The quantitative estimate of drug-likeness (QED) is 0.671. The molecule has 0 spiro atoms. The number of rotatable bonds is 3. The van der Waals surface area contributed by atoms with Gasteiger partial charge in [-0.3, -0.25) is 0 Å². The molecule has 1 atom stereocenters. The largest absolute Gasteiger partial charge is 0.474 e. The highest BCUT2D eigenvalue weighted by molar-refractivity contribution is 7.16. The van der Waals surface area contributed by atoms with E-state index in [0.717, 1.165) is 5.69 Å². The lowest BCUT2D eigenvalue weighted by Crippen LogP contribution is -1.96. The Balaban J connectivity index is 2.81. The minimum absolute atomic E-state index is 0.457. The van der Waals surface area contributed by atoms with Gasteiger partial charge in [0.1, 0.15) is 6.35 Å². The lowest BCUT2D eigenvalue weighted by atomic mass is 10.1. The molecule has 66 valence electrons. The van der Waals surface area contributed by atoms with E-state index in [2.05, 4.69) is 28.1 Å². The van der Waals surface area contributed by atoms with Gasteiger partial charge in [0, 0.05) is 11.8 Å². The SMILES string of the molecule is CC(C)c1cccc(OCP)n1. The van der Waals surface area contributed by atoms with E-state index in [-0.39, 0.29) is 0 Å². The van der Waals surface area contributed by atoms with Crippen molar-refractivity contribution >= 4 is 9.24 Å². The molecule has 2 nitrogen and oxygen atoms in total. The monoisotopic (exact) mass is 183 g/mol. The van der Waals surface area contributed by atoms with Crippen molar-refractivity contribution in [3.05, 3.63) is 23.9 Å². The number of hydrogen-bond acceptors (Lipinski definition) is 2. The first-order valence-electron chi connectivity index (χ1n) is 4.04. The summed E-state index contributed by atoms with van der Waals surface area (Å²) in [5, 5.41) is 0.